The zero-order valence-corrected chi connectivity index (χ0v) is 7.43. The van der Waals surface area contributed by atoms with Crippen molar-refractivity contribution in [2.24, 2.45) is 0 Å². The van der Waals surface area contributed by atoms with E-state index in [9.17, 15) is 10.1 Å². The predicted octanol–water partition coefficient (Wildman–Crippen LogP) is 2.25. The first kappa shape index (κ1) is 11.0. The Kier molecular flexibility index (Phi) is 3.79. The number of nitro benzene ring substituents is 1. The molecule has 1 rings (SSSR count). The lowest BCUT2D eigenvalue weighted by Gasteiger charge is -1.96. The number of nitrogens with zero attached hydrogens (tertiary/aromatic N) is 1. The number of hydrogen-bond acceptors (Lipinski definition) is 3. The summed E-state index contributed by atoms with van der Waals surface area (Å²) in [6, 6.07) is 4.30. The van der Waals surface area contributed by atoms with Crippen molar-refractivity contribution in [3.8, 4) is 0 Å². The van der Waals surface area contributed by atoms with E-state index in [0.29, 0.717) is 0 Å². The maximum Gasteiger partial charge on any atom is 0.289 e. The molecule has 4 nitrogen and oxygen atoms in total. The molecule has 0 unspecified atom stereocenters. The zero-order valence-electron chi connectivity index (χ0n) is 5.86. The van der Waals surface area contributed by atoms with Crippen LogP contribution in [0.15, 0.2) is 18.2 Å². The molecule has 2 N–H and O–H groups in total. The van der Waals surface area contributed by atoms with E-state index in [1.54, 1.807) is 0 Å². The van der Waals surface area contributed by atoms with Crippen molar-refractivity contribution < 1.29 is 4.92 Å². The van der Waals surface area contributed by atoms with E-state index in [0.717, 1.165) is 0 Å². The molecule has 1 aromatic carbocycles. The Bertz CT molecular complexity index is 304. The van der Waals surface area contributed by atoms with Crippen molar-refractivity contribution in [2.75, 3.05) is 5.73 Å². The third kappa shape index (κ3) is 1.99. The molecule has 0 spiro atoms. The van der Waals surface area contributed by atoms with Gasteiger partial charge in [-0.1, -0.05) is 17.7 Å². The number of rotatable bonds is 1. The summed E-state index contributed by atoms with van der Waals surface area (Å²) in [5.74, 6) is 0. The molecule has 0 saturated heterocycles. The van der Waals surface area contributed by atoms with Gasteiger partial charge in [0.15, 0.2) is 0 Å². The van der Waals surface area contributed by atoms with Crippen molar-refractivity contribution >= 4 is 35.4 Å². The third-order valence-electron chi connectivity index (χ3n) is 1.20. The molecular weight excluding hydrogens is 203 g/mol. The fourth-order valence-electron chi connectivity index (χ4n) is 0.678. The van der Waals surface area contributed by atoms with Gasteiger partial charge in [0.1, 0.15) is 5.02 Å². The molecule has 0 radical (unpaired) electrons. The summed E-state index contributed by atoms with van der Waals surface area (Å²) in [6.45, 7) is 0. The average molecular weight is 209 g/mol. The smallest absolute Gasteiger partial charge is 0.289 e. The van der Waals surface area contributed by atoms with Crippen LogP contribution in [0.1, 0.15) is 0 Å². The quantitative estimate of drug-likeness (QED) is 0.438. The summed E-state index contributed by atoms with van der Waals surface area (Å²) in [5, 5.41) is 10.2. The summed E-state index contributed by atoms with van der Waals surface area (Å²) in [4.78, 5) is 9.67. The van der Waals surface area contributed by atoms with Gasteiger partial charge in [0.05, 0.1) is 10.6 Å². The van der Waals surface area contributed by atoms with Crippen molar-refractivity contribution in [3.05, 3.63) is 33.3 Å². The molecule has 0 atom stereocenters. The highest BCUT2D eigenvalue weighted by Crippen LogP contribution is 2.28. The van der Waals surface area contributed by atoms with E-state index in [4.69, 9.17) is 17.3 Å². The van der Waals surface area contributed by atoms with Gasteiger partial charge in [-0.15, -0.1) is 12.4 Å². The van der Waals surface area contributed by atoms with Crippen LogP contribution < -0.4 is 5.73 Å². The topological polar surface area (TPSA) is 69.2 Å². The van der Waals surface area contributed by atoms with Gasteiger partial charge in [-0.2, -0.15) is 0 Å². The normalized spacial score (nSPS) is 8.75. The van der Waals surface area contributed by atoms with Crippen LogP contribution >= 0.6 is 24.0 Å². The van der Waals surface area contributed by atoms with Crippen LogP contribution in [-0.2, 0) is 0 Å². The van der Waals surface area contributed by atoms with Gasteiger partial charge in [-0.25, -0.2) is 0 Å². The van der Waals surface area contributed by atoms with E-state index >= 15 is 0 Å². The Morgan fingerprint density at radius 3 is 2.50 bits per heavy atom. The first-order chi connectivity index (χ1) is 5.13. The van der Waals surface area contributed by atoms with Crippen LogP contribution in [-0.4, -0.2) is 4.92 Å². The van der Waals surface area contributed by atoms with Crippen molar-refractivity contribution in [1.82, 2.24) is 0 Å². The van der Waals surface area contributed by atoms with Crippen LogP contribution in [0.2, 0.25) is 5.02 Å². The molecule has 0 fully saturated rings. The monoisotopic (exact) mass is 208 g/mol. The Morgan fingerprint density at radius 1 is 1.50 bits per heavy atom. The van der Waals surface area contributed by atoms with Crippen LogP contribution in [0, 0.1) is 10.1 Å². The summed E-state index contributed by atoms with van der Waals surface area (Å²) >= 11 is 5.52. The molecule has 12 heavy (non-hydrogen) atoms. The number of anilines is 1. The van der Waals surface area contributed by atoms with Crippen molar-refractivity contribution in [1.29, 1.82) is 0 Å². The van der Waals surface area contributed by atoms with E-state index in [-0.39, 0.29) is 28.8 Å². The number of hydrogen-bond donors (Lipinski definition) is 1. The Balaban J connectivity index is 0.00000121. The predicted molar refractivity (Wildman–Crippen MR) is 49.8 cm³/mol. The SMILES string of the molecule is Cl.Nc1cccc([N+](=O)[O-])c1Cl. The molecule has 6 heteroatoms. The number of nitrogen functional groups attached to an aromatic ring is 1. The second kappa shape index (κ2) is 4.13. The summed E-state index contributed by atoms with van der Waals surface area (Å²) in [6.07, 6.45) is 0. The molecule has 0 aliphatic rings. The lowest BCUT2D eigenvalue weighted by atomic mass is 10.3. The Labute approximate surface area is 79.9 Å². The minimum Gasteiger partial charge on any atom is -0.397 e. The molecule has 0 aromatic heterocycles. The highest BCUT2D eigenvalue weighted by molar-refractivity contribution is 6.35. The number of halogens is 2. The first-order valence-corrected chi connectivity index (χ1v) is 3.19. The minimum atomic E-state index is -0.571. The number of nitrogens with two attached hydrogens (primary N) is 1. The van der Waals surface area contributed by atoms with E-state index in [1.807, 2.05) is 0 Å². The van der Waals surface area contributed by atoms with Crippen LogP contribution in [0.5, 0.6) is 0 Å². The zero-order chi connectivity index (χ0) is 8.43. The van der Waals surface area contributed by atoms with Gasteiger partial charge in [0.2, 0.25) is 0 Å². The molecule has 0 aliphatic carbocycles. The third-order valence-corrected chi connectivity index (χ3v) is 1.62. The summed E-state index contributed by atoms with van der Waals surface area (Å²) in [7, 11) is 0. The second-order valence-corrected chi connectivity index (χ2v) is 2.32. The van der Waals surface area contributed by atoms with Gasteiger partial charge in [0.25, 0.3) is 5.69 Å². The van der Waals surface area contributed by atoms with Crippen LogP contribution in [0.25, 0.3) is 0 Å². The lowest BCUT2D eigenvalue weighted by molar-refractivity contribution is -0.384. The Hall–Kier alpha value is -1.00. The number of nitro groups is 1. The molecule has 0 saturated carbocycles. The van der Waals surface area contributed by atoms with Gasteiger partial charge >= 0.3 is 0 Å². The van der Waals surface area contributed by atoms with Crippen molar-refractivity contribution in [3.63, 3.8) is 0 Å². The fourth-order valence-corrected chi connectivity index (χ4v) is 0.873. The largest absolute Gasteiger partial charge is 0.397 e. The molecule has 66 valence electrons. The standard InChI is InChI=1S/C6H5ClN2O2.ClH/c7-6-4(8)2-1-3-5(6)9(10)11;/h1-3H,8H2;1H. The van der Waals surface area contributed by atoms with Gasteiger partial charge in [-0.05, 0) is 6.07 Å². The minimum absolute atomic E-state index is 0. The van der Waals surface area contributed by atoms with Gasteiger partial charge in [-0.3, -0.25) is 10.1 Å². The molecule has 0 amide bonds. The molecular formula is C6H6Cl2N2O2. The highest BCUT2D eigenvalue weighted by Gasteiger charge is 2.12. The molecule has 0 aliphatic heterocycles. The lowest BCUT2D eigenvalue weighted by Crippen LogP contribution is -1.92. The van der Waals surface area contributed by atoms with Crippen molar-refractivity contribution in [2.45, 2.75) is 0 Å². The maximum atomic E-state index is 10.2. The van der Waals surface area contributed by atoms with Crippen LogP contribution in [0.4, 0.5) is 11.4 Å². The second-order valence-electron chi connectivity index (χ2n) is 1.94. The molecule has 0 bridgehead atoms. The van der Waals surface area contributed by atoms with Crippen LogP contribution in [0.3, 0.4) is 0 Å². The fraction of sp³-hybridized carbons (Fsp3) is 0. The maximum absolute atomic E-state index is 10.2. The number of benzene rings is 1. The summed E-state index contributed by atoms with van der Waals surface area (Å²) in [5.41, 5.74) is 5.38. The Morgan fingerprint density at radius 2 is 2.08 bits per heavy atom. The van der Waals surface area contributed by atoms with E-state index in [1.165, 1.54) is 18.2 Å². The van der Waals surface area contributed by atoms with Gasteiger partial charge in [0, 0.05) is 6.07 Å². The highest BCUT2D eigenvalue weighted by atomic mass is 35.5. The molecule has 0 heterocycles. The van der Waals surface area contributed by atoms with E-state index in [2.05, 4.69) is 0 Å². The first-order valence-electron chi connectivity index (χ1n) is 2.81. The van der Waals surface area contributed by atoms with E-state index < -0.39 is 4.92 Å². The van der Waals surface area contributed by atoms with Gasteiger partial charge < -0.3 is 5.73 Å². The average Bonchev–Trinajstić information content (AvgIpc) is 1.94. The molecule has 1 aromatic rings. The summed E-state index contributed by atoms with van der Waals surface area (Å²) < 4.78 is 0.